The molecule has 0 aliphatic rings. The molecule has 1 N–H and O–H groups in total. The molecule has 0 aliphatic heterocycles. The minimum Gasteiger partial charge on any atom is -0.439 e. The molecular formula is C24H72O9Si10. The van der Waals surface area contributed by atoms with E-state index in [9.17, 15) is 4.80 Å². The molecule has 0 atom stereocenters. The van der Waals surface area contributed by atoms with E-state index in [0.717, 1.165) is 0 Å². The van der Waals surface area contributed by atoms with Crippen LogP contribution in [0.5, 0.6) is 0 Å². The van der Waals surface area contributed by atoms with Crippen LogP contribution in [0.3, 0.4) is 0 Å². The van der Waals surface area contributed by atoms with Crippen LogP contribution in [0.15, 0.2) is 0 Å². The number of hydrogen-bond donors (Lipinski definition) is 1. The summed E-state index contributed by atoms with van der Waals surface area (Å²) in [6.07, 6.45) is 2.51. The van der Waals surface area contributed by atoms with Crippen molar-refractivity contribution in [2.45, 2.75) is 157 Å². The largest absolute Gasteiger partial charge is 0.439 e. The molecule has 262 valence electrons. The Morgan fingerprint density at radius 2 is 0.628 bits per heavy atom. The third-order valence-electron chi connectivity index (χ3n) is 6.73. The zero-order chi connectivity index (χ0) is 34.8. The lowest BCUT2D eigenvalue weighted by molar-refractivity contribution is 0.257. The van der Waals surface area contributed by atoms with E-state index in [1.165, 1.54) is 18.9 Å². The Morgan fingerprint density at radius 3 is 0.860 bits per heavy atom. The van der Waals surface area contributed by atoms with Gasteiger partial charge in [0, 0.05) is 1.43 Å². The van der Waals surface area contributed by atoms with Gasteiger partial charge < -0.3 is 37.7 Å². The molecule has 0 saturated carbocycles. The second-order valence-electron chi connectivity index (χ2n) is 16.6. The first kappa shape index (κ1) is 44.8. The normalized spacial score (nSPS) is 15.8. The van der Waals surface area contributed by atoms with Gasteiger partial charge in [-0.05, 0) is 118 Å². The summed E-state index contributed by atoms with van der Waals surface area (Å²) < 4.78 is 53.1. The smallest absolute Gasteiger partial charge is 0.320 e. The molecule has 9 nitrogen and oxygen atoms in total. The van der Waals surface area contributed by atoms with Crippen molar-refractivity contribution in [1.29, 1.82) is 0 Å². The fraction of sp³-hybridized carbons (Fsp3) is 1.00. The lowest BCUT2D eigenvalue weighted by atomic mass is 10.4. The van der Waals surface area contributed by atoms with Crippen molar-refractivity contribution in [3.05, 3.63) is 0 Å². The highest BCUT2D eigenvalue weighted by Gasteiger charge is 2.51. The van der Waals surface area contributed by atoms with E-state index in [-0.39, 0.29) is 1.43 Å². The average molecular weight is 786 g/mol. The van der Waals surface area contributed by atoms with Gasteiger partial charge in [-0.25, -0.2) is 0 Å². The van der Waals surface area contributed by atoms with Crippen molar-refractivity contribution in [2.24, 2.45) is 0 Å². The second-order valence-corrected chi connectivity index (χ2v) is 60.5. The predicted octanol–water partition coefficient (Wildman–Crippen LogP) is 8.76. The van der Waals surface area contributed by atoms with E-state index in [2.05, 4.69) is 85.5 Å². The first-order valence-electron chi connectivity index (χ1n) is 15.8. The summed E-state index contributed by atoms with van der Waals surface area (Å²) in [7, 11) is -24.3. The van der Waals surface area contributed by atoms with Gasteiger partial charge in [-0.3, -0.25) is 0 Å². The van der Waals surface area contributed by atoms with Crippen LogP contribution < -0.4 is 0 Å². The van der Waals surface area contributed by atoms with Gasteiger partial charge in [0.1, 0.15) is 0 Å². The van der Waals surface area contributed by atoms with E-state index in [4.69, 9.17) is 32.9 Å². The molecule has 0 bridgehead atoms. The van der Waals surface area contributed by atoms with Gasteiger partial charge in [0.05, 0.1) is 7.59 Å². The van der Waals surface area contributed by atoms with Crippen LogP contribution in [-0.4, -0.2) is 88.7 Å². The van der Waals surface area contributed by atoms with E-state index in [1.807, 2.05) is 39.3 Å². The Morgan fingerprint density at radius 1 is 0.395 bits per heavy atom. The van der Waals surface area contributed by atoms with Crippen molar-refractivity contribution in [1.82, 2.24) is 0 Å². The average Bonchev–Trinajstić information content (AvgIpc) is 2.56. The Labute approximate surface area is 278 Å². The molecule has 0 aromatic rings. The first-order chi connectivity index (χ1) is 18.5. The predicted molar refractivity (Wildman–Crippen MR) is 208 cm³/mol. The second kappa shape index (κ2) is 15.1. The van der Waals surface area contributed by atoms with Crippen LogP contribution in [0, 0.1) is 0 Å². The van der Waals surface area contributed by atoms with Crippen LogP contribution in [0.25, 0.3) is 0 Å². The quantitative estimate of drug-likeness (QED) is 0.122. The summed E-state index contributed by atoms with van der Waals surface area (Å²) in [5, 5.41) is 0. The molecule has 0 unspecified atom stereocenters. The number of unbranched alkanes of at least 4 members (excludes halogenated alkanes) is 1. The van der Waals surface area contributed by atoms with Gasteiger partial charge in [-0.1, -0.05) is 38.9 Å². The topological polar surface area (TPSA) is 94.1 Å². The lowest BCUT2D eigenvalue weighted by Gasteiger charge is -2.46. The summed E-state index contributed by atoms with van der Waals surface area (Å²) in [4.78, 5) is 10.3. The Balaban J connectivity index is 0. The monoisotopic (exact) mass is 784 g/mol. The maximum atomic E-state index is 10.3. The summed E-state index contributed by atoms with van der Waals surface area (Å²) in [6, 6.07) is 1.31. The molecule has 0 amide bonds. The third kappa shape index (κ3) is 18.8. The molecule has 43 heavy (non-hydrogen) atoms. The van der Waals surface area contributed by atoms with Gasteiger partial charge in [-0.2, -0.15) is 0 Å². The van der Waals surface area contributed by atoms with E-state index >= 15 is 0 Å². The molecule has 0 fully saturated rings. The van der Waals surface area contributed by atoms with Crippen LogP contribution >= 0.6 is 0 Å². The highest BCUT2D eigenvalue weighted by atomic mass is 29.3. The molecule has 0 aromatic heterocycles. The van der Waals surface area contributed by atoms with Crippen LogP contribution in [0.1, 0.15) is 21.2 Å². The maximum Gasteiger partial charge on any atom is 0.320 e. The van der Waals surface area contributed by atoms with Crippen LogP contribution in [-0.2, 0) is 32.9 Å². The minimum absolute atomic E-state index is 0. The van der Waals surface area contributed by atoms with Crippen molar-refractivity contribution < 1.29 is 39.1 Å². The molecule has 0 rings (SSSR count). The molecule has 0 aromatic carbocycles. The van der Waals surface area contributed by atoms with E-state index in [0.29, 0.717) is 0 Å². The Bertz CT molecular complexity index is 896. The number of rotatable bonds is 20. The van der Waals surface area contributed by atoms with Gasteiger partial charge in [-0.15, -0.1) is 0 Å². The molecule has 0 aliphatic carbocycles. The highest BCUT2D eigenvalue weighted by Crippen LogP contribution is 2.32. The Hall–Kier alpha value is 1.81. The van der Waals surface area contributed by atoms with E-state index < -0.39 is 83.9 Å². The van der Waals surface area contributed by atoms with Crippen LogP contribution in [0.2, 0.25) is 137 Å². The summed E-state index contributed by atoms with van der Waals surface area (Å²) in [5.41, 5.74) is 0. The maximum absolute atomic E-state index is 10.3. The SMILES string of the molecule is CCCC[Si](C)(C)[Si](C)(C)O[Si](C)(C)O[Si](C)(C)O[Si](C)(C)O[Si](C)(C)O[Si](C)(C)O[Si](C)(C)O[Si](C)(C)O[Si](C)(C)O.[HH]. The van der Waals surface area contributed by atoms with Crippen molar-refractivity contribution in [3.8, 4) is 0 Å². The van der Waals surface area contributed by atoms with Gasteiger partial charge in [0.15, 0.2) is 7.83 Å². The van der Waals surface area contributed by atoms with Gasteiger partial charge in [0.2, 0.25) is 0 Å². The molecule has 0 saturated heterocycles. The zero-order valence-electron chi connectivity index (χ0n) is 31.8. The van der Waals surface area contributed by atoms with E-state index in [1.54, 1.807) is 13.1 Å². The van der Waals surface area contributed by atoms with Crippen molar-refractivity contribution >= 4 is 83.9 Å². The summed E-state index contributed by atoms with van der Waals surface area (Å²) in [6.45, 7) is 44.5. The third-order valence-corrected chi connectivity index (χ3v) is 54.6. The zero-order valence-corrected chi connectivity index (χ0v) is 41.8. The molecule has 0 heterocycles. The number of hydrogen-bond acceptors (Lipinski definition) is 9. The highest BCUT2D eigenvalue weighted by molar-refractivity contribution is 7.39. The fourth-order valence-electron chi connectivity index (χ4n) is 5.97. The van der Waals surface area contributed by atoms with Crippen LogP contribution in [0.4, 0.5) is 0 Å². The Kier molecular flexibility index (Phi) is 15.8. The van der Waals surface area contributed by atoms with Gasteiger partial charge >= 0.3 is 68.5 Å². The summed E-state index contributed by atoms with van der Waals surface area (Å²) >= 11 is 0. The summed E-state index contributed by atoms with van der Waals surface area (Å²) in [5.74, 6) is 0. The molecular weight excluding hydrogens is 713 g/mol. The fourth-order valence-corrected chi connectivity index (χ4v) is 57.9. The van der Waals surface area contributed by atoms with Gasteiger partial charge in [0.25, 0.3) is 0 Å². The first-order valence-corrected chi connectivity index (χ1v) is 45.5. The standard InChI is InChI=1S/C24H70O9Si10.H2/c1-22-23-24-34(2,3)43(20,21)33-42(18,19)32-41(16,17)31-40(14,15)30-39(12,13)29-38(10,11)28-37(8,9)27-36(6,7)26-35(4,5)25;/h25H,22-24H2,1-21H3;1H. The molecule has 19 heteroatoms. The minimum atomic E-state index is -2.72. The van der Waals surface area contributed by atoms with Crippen molar-refractivity contribution in [3.63, 3.8) is 0 Å². The molecule has 0 radical (unpaired) electrons. The molecule has 0 spiro atoms. The lowest BCUT2D eigenvalue weighted by Crippen LogP contribution is -2.64. The van der Waals surface area contributed by atoms with Crippen molar-refractivity contribution in [2.75, 3.05) is 0 Å².